The summed E-state index contributed by atoms with van der Waals surface area (Å²) in [5, 5.41) is 2.79. The highest BCUT2D eigenvalue weighted by Crippen LogP contribution is 2.31. The van der Waals surface area contributed by atoms with E-state index in [0.29, 0.717) is 30.9 Å². The van der Waals surface area contributed by atoms with Crippen molar-refractivity contribution < 1.29 is 9.59 Å². The van der Waals surface area contributed by atoms with E-state index >= 15 is 0 Å². The number of hydrogen-bond donors (Lipinski definition) is 1. The van der Waals surface area contributed by atoms with Crippen molar-refractivity contribution in [3.63, 3.8) is 0 Å². The maximum Gasteiger partial charge on any atom is 0.255 e. The van der Waals surface area contributed by atoms with Crippen molar-refractivity contribution in [2.75, 3.05) is 13.1 Å². The standard InChI is InChI=1S/C15H14IN3O2/c1-2-17-15(21)9-4-3-7-19-8-10-12(18-14(9)19)6-5-11(16)13(10)20/h3-5,7H,2,6,8H2,1H3,(H,17,21). The number of halogens is 1. The lowest BCUT2D eigenvalue weighted by Gasteiger charge is -2.32. The molecular formula is C15H14IN3O2. The second kappa shape index (κ2) is 5.59. The van der Waals surface area contributed by atoms with Gasteiger partial charge in [0.25, 0.3) is 5.91 Å². The smallest absolute Gasteiger partial charge is 0.255 e. The van der Waals surface area contributed by atoms with Gasteiger partial charge in [0.1, 0.15) is 5.84 Å². The van der Waals surface area contributed by atoms with Gasteiger partial charge in [-0.2, -0.15) is 0 Å². The molecule has 6 heteroatoms. The van der Waals surface area contributed by atoms with Crippen LogP contribution < -0.4 is 5.32 Å². The number of ketones is 1. The number of Topliss-reactive ketones (excluding diaryl/α,β-unsaturated/α-hetero) is 1. The minimum absolute atomic E-state index is 0.0437. The molecule has 5 nitrogen and oxygen atoms in total. The van der Waals surface area contributed by atoms with E-state index in [1.807, 2.05) is 30.2 Å². The van der Waals surface area contributed by atoms with Gasteiger partial charge in [-0.1, -0.05) is 6.08 Å². The van der Waals surface area contributed by atoms with Crippen LogP contribution in [0.25, 0.3) is 0 Å². The molecule has 3 aliphatic rings. The largest absolute Gasteiger partial charge is 0.352 e. The fourth-order valence-corrected chi connectivity index (χ4v) is 3.03. The molecule has 108 valence electrons. The molecule has 0 aromatic carbocycles. The molecule has 0 spiro atoms. The monoisotopic (exact) mass is 395 g/mol. The lowest BCUT2D eigenvalue weighted by molar-refractivity contribution is -0.117. The van der Waals surface area contributed by atoms with Crippen molar-refractivity contribution in [1.29, 1.82) is 0 Å². The third-order valence-electron chi connectivity index (χ3n) is 3.51. The number of aliphatic imine (C=N–C) groups is 1. The first-order valence-electron chi connectivity index (χ1n) is 6.76. The number of nitrogens with zero attached hydrogens (tertiary/aromatic N) is 2. The van der Waals surface area contributed by atoms with Crippen molar-refractivity contribution >= 4 is 40.1 Å². The Morgan fingerprint density at radius 2 is 2.33 bits per heavy atom. The molecule has 3 rings (SSSR count). The van der Waals surface area contributed by atoms with Crippen LogP contribution >= 0.6 is 22.6 Å². The molecule has 0 aromatic rings. The van der Waals surface area contributed by atoms with Crippen molar-refractivity contribution in [1.82, 2.24) is 10.2 Å². The number of carbonyl (C=O) groups excluding carboxylic acids is 2. The maximum absolute atomic E-state index is 12.2. The Bertz CT molecular complexity index is 683. The molecule has 2 heterocycles. The van der Waals surface area contributed by atoms with Gasteiger partial charge in [-0.05, 0) is 41.7 Å². The van der Waals surface area contributed by atoms with Gasteiger partial charge in [-0.25, -0.2) is 4.99 Å². The lowest BCUT2D eigenvalue weighted by atomic mass is 9.97. The first-order chi connectivity index (χ1) is 10.1. The maximum atomic E-state index is 12.2. The van der Waals surface area contributed by atoms with E-state index in [4.69, 9.17) is 0 Å². The molecule has 0 aromatic heterocycles. The van der Waals surface area contributed by atoms with Gasteiger partial charge in [0.05, 0.1) is 21.4 Å². The second-order valence-corrected chi connectivity index (χ2v) is 6.02. The highest BCUT2D eigenvalue weighted by Gasteiger charge is 2.32. The zero-order chi connectivity index (χ0) is 15.0. The average Bonchev–Trinajstić information content (AvgIpc) is 2.49. The fraction of sp³-hybridized carbons (Fsp3) is 0.267. The zero-order valence-electron chi connectivity index (χ0n) is 11.5. The van der Waals surface area contributed by atoms with E-state index in [1.54, 1.807) is 6.08 Å². The lowest BCUT2D eigenvalue weighted by Crippen LogP contribution is -2.41. The first-order valence-corrected chi connectivity index (χ1v) is 7.84. The summed E-state index contributed by atoms with van der Waals surface area (Å²) in [6.07, 6.45) is 7.95. The Labute approximate surface area is 136 Å². The molecule has 0 atom stereocenters. The molecule has 0 bridgehead atoms. The number of rotatable bonds is 2. The van der Waals surface area contributed by atoms with E-state index in [9.17, 15) is 9.59 Å². The van der Waals surface area contributed by atoms with Crippen molar-refractivity contribution in [2.24, 2.45) is 4.99 Å². The highest BCUT2D eigenvalue weighted by atomic mass is 127. The molecule has 0 saturated heterocycles. The van der Waals surface area contributed by atoms with Crippen molar-refractivity contribution in [3.05, 3.63) is 44.9 Å². The summed E-state index contributed by atoms with van der Waals surface area (Å²) in [7, 11) is 0. The Morgan fingerprint density at radius 1 is 1.52 bits per heavy atom. The van der Waals surface area contributed by atoms with Gasteiger partial charge in [0.2, 0.25) is 0 Å². The molecule has 0 unspecified atom stereocenters. The number of hydrogen-bond acceptors (Lipinski definition) is 4. The molecular weight excluding hydrogens is 381 g/mol. The van der Waals surface area contributed by atoms with Crippen LogP contribution in [0.1, 0.15) is 13.3 Å². The topological polar surface area (TPSA) is 61.8 Å². The predicted octanol–water partition coefficient (Wildman–Crippen LogP) is 1.84. The van der Waals surface area contributed by atoms with Crippen LogP contribution in [0.15, 0.2) is 49.8 Å². The average molecular weight is 395 g/mol. The highest BCUT2D eigenvalue weighted by molar-refractivity contribution is 14.1. The number of fused-ring (bicyclic) bond motifs is 1. The third-order valence-corrected chi connectivity index (χ3v) is 4.44. The normalized spacial score (nSPS) is 20.4. The fourth-order valence-electron chi connectivity index (χ4n) is 2.48. The van der Waals surface area contributed by atoms with Gasteiger partial charge in [0, 0.05) is 24.7 Å². The summed E-state index contributed by atoms with van der Waals surface area (Å²) < 4.78 is 0.741. The van der Waals surface area contributed by atoms with Crippen LogP contribution in [0, 0.1) is 0 Å². The quantitative estimate of drug-likeness (QED) is 0.726. The number of amidine groups is 1. The summed E-state index contributed by atoms with van der Waals surface area (Å²) in [6, 6.07) is 0. The minimum Gasteiger partial charge on any atom is -0.352 e. The number of allylic oxidation sites excluding steroid dienone is 4. The van der Waals surface area contributed by atoms with Gasteiger partial charge >= 0.3 is 0 Å². The van der Waals surface area contributed by atoms with Gasteiger partial charge in [-0.15, -0.1) is 0 Å². The van der Waals surface area contributed by atoms with E-state index in [0.717, 1.165) is 14.8 Å². The van der Waals surface area contributed by atoms with Crippen molar-refractivity contribution in [3.8, 4) is 0 Å². The van der Waals surface area contributed by atoms with Gasteiger partial charge in [0.15, 0.2) is 5.78 Å². The van der Waals surface area contributed by atoms with Crippen LogP contribution in [0.2, 0.25) is 0 Å². The SMILES string of the molecule is CCNC(=O)C1=CC=CN2CC3=C(CC=C(I)C3=O)N=C12. The number of likely N-dealkylation sites (N-methyl/N-ethyl adjacent to an activating group) is 1. The van der Waals surface area contributed by atoms with Crippen LogP contribution in [-0.4, -0.2) is 35.5 Å². The van der Waals surface area contributed by atoms with E-state index < -0.39 is 0 Å². The summed E-state index contributed by atoms with van der Waals surface area (Å²) >= 11 is 2.06. The van der Waals surface area contributed by atoms with Crippen LogP contribution in [0.4, 0.5) is 0 Å². The Kier molecular flexibility index (Phi) is 3.79. The Hall–Kier alpha value is -1.70. The molecule has 2 aliphatic heterocycles. The van der Waals surface area contributed by atoms with Gasteiger partial charge in [-0.3, -0.25) is 9.59 Å². The predicted molar refractivity (Wildman–Crippen MR) is 88.8 cm³/mol. The molecule has 1 N–H and O–H groups in total. The summed E-state index contributed by atoms with van der Waals surface area (Å²) in [5.74, 6) is 0.532. The first kappa shape index (κ1) is 14.2. The number of carbonyl (C=O) groups is 2. The van der Waals surface area contributed by atoms with Crippen LogP contribution in [0.5, 0.6) is 0 Å². The molecule has 0 fully saturated rings. The Morgan fingerprint density at radius 3 is 3.10 bits per heavy atom. The molecule has 1 aliphatic carbocycles. The number of nitrogens with one attached hydrogen (secondary N) is 1. The molecule has 1 amide bonds. The van der Waals surface area contributed by atoms with Crippen LogP contribution in [-0.2, 0) is 9.59 Å². The number of amides is 1. The molecule has 0 radical (unpaired) electrons. The van der Waals surface area contributed by atoms with E-state index in [2.05, 4.69) is 32.9 Å². The van der Waals surface area contributed by atoms with Crippen LogP contribution in [0.3, 0.4) is 0 Å². The summed E-state index contributed by atoms with van der Waals surface area (Å²) in [5.41, 5.74) is 2.05. The van der Waals surface area contributed by atoms with Crippen molar-refractivity contribution in [2.45, 2.75) is 13.3 Å². The molecule has 21 heavy (non-hydrogen) atoms. The molecule has 0 saturated carbocycles. The summed E-state index contributed by atoms with van der Waals surface area (Å²) in [6.45, 7) is 2.92. The van der Waals surface area contributed by atoms with E-state index in [-0.39, 0.29) is 11.7 Å². The van der Waals surface area contributed by atoms with Gasteiger partial charge < -0.3 is 10.2 Å². The zero-order valence-corrected chi connectivity index (χ0v) is 13.7. The summed E-state index contributed by atoms with van der Waals surface area (Å²) in [4.78, 5) is 30.7. The van der Waals surface area contributed by atoms with E-state index in [1.165, 1.54) is 0 Å². The third kappa shape index (κ3) is 2.48. The minimum atomic E-state index is -0.137. The Balaban J connectivity index is 1.98. The second-order valence-electron chi connectivity index (χ2n) is 4.86.